The Bertz CT molecular complexity index is 948. The topological polar surface area (TPSA) is 86.5 Å². The van der Waals surface area contributed by atoms with Crippen molar-refractivity contribution in [1.29, 1.82) is 0 Å². The molecule has 0 unspecified atom stereocenters. The molecule has 0 radical (unpaired) electrons. The van der Waals surface area contributed by atoms with Crippen LogP contribution in [0.15, 0.2) is 52.1 Å². The quantitative estimate of drug-likeness (QED) is 0.591. The number of hydrogen-bond acceptors (Lipinski definition) is 7. The molecule has 2 aromatic carbocycles. The molecule has 1 heterocycles. The van der Waals surface area contributed by atoms with Crippen molar-refractivity contribution in [2.75, 3.05) is 25.3 Å². The number of benzene rings is 2. The molecule has 1 amide bonds. The minimum absolute atomic E-state index is 0.108. The van der Waals surface area contributed by atoms with Crippen LogP contribution < -0.4 is 14.8 Å². The lowest BCUT2D eigenvalue weighted by Gasteiger charge is -2.07. The molecule has 1 N–H and O–H groups in total. The maximum absolute atomic E-state index is 12.1. The first kappa shape index (κ1) is 19.1. The molecule has 9 heteroatoms. The van der Waals surface area contributed by atoms with Crippen LogP contribution >= 0.6 is 23.4 Å². The predicted molar refractivity (Wildman–Crippen MR) is 104 cm³/mol. The molecular formula is C18H16ClN3O4S. The van der Waals surface area contributed by atoms with Crippen molar-refractivity contribution in [3.8, 4) is 23.0 Å². The molecule has 0 spiro atoms. The van der Waals surface area contributed by atoms with Crippen molar-refractivity contribution in [1.82, 2.24) is 10.2 Å². The second-order valence-corrected chi connectivity index (χ2v) is 6.59. The highest BCUT2D eigenvalue weighted by atomic mass is 35.5. The minimum Gasteiger partial charge on any atom is -0.496 e. The summed E-state index contributed by atoms with van der Waals surface area (Å²) in [6, 6.07) is 12.3. The first-order chi connectivity index (χ1) is 13.1. The van der Waals surface area contributed by atoms with Crippen LogP contribution in [-0.4, -0.2) is 36.1 Å². The van der Waals surface area contributed by atoms with E-state index in [1.807, 2.05) is 18.2 Å². The van der Waals surface area contributed by atoms with Crippen LogP contribution in [-0.2, 0) is 4.79 Å². The van der Waals surface area contributed by atoms with Gasteiger partial charge in [0.2, 0.25) is 5.91 Å². The summed E-state index contributed by atoms with van der Waals surface area (Å²) in [6.07, 6.45) is 0. The number of nitrogens with one attached hydrogen (secondary N) is 1. The number of halogens is 1. The summed E-state index contributed by atoms with van der Waals surface area (Å²) in [5.41, 5.74) is 1.27. The molecule has 27 heavy (non-hydrogen) atoms. The molecule has 0 saturated heterocycles. The van der Waals surface area contributed by atoms with Crippen molar-refractivity contribution in [3.63, 3.8) is 0 Å². The van der Waals surface area contributed by atoms with Gasteiger partial charge in [-0.05, 0) is 30.3 Å². The largest absolute Gasteiger partial charge is 0.496 e. The van der Waals surface area contributed by atoms with Crippen LogP contribution in [0, 0.1) is 0 Å². The lowest BCUT2D eigenvalue weighted by Crippen LogP contribution is -2.14. The Morgan fingerprint density at radius 3 is 2.67 bits per heavy atom. The average molecular weight is 406 g/mol. The van der Waals surface area contributed by atoms with Gasteiger partial charge in [-0.15, -0.1) is 10.2 Å². The SMILES string of the molecule is COc1ccc(NC(=O)CSc2nnc(-c3ccccc3OC)o2)cc1Cl. The maximum Gasteiger partial charge on any atom is 0.277 e. The molecule has 140 valence electrons. The number of thioether (sulfide) groups is 1. The molecular weight excluding hydrogens is 390 g/mol. The highest BCUT2D eigenvalue weighted by molar-refractivity contribution is 7.99. The van der Waals surface area contributed by atoms with Gasteiger partial charge < -0.3 is 19.2 Å². The van der Waals surface area contributed by atoms with Gasteiger partial charge in [-0.1, -0.05) is 35.5 Å². The van der Waals surface area contributed by atoms with E-state index in [2.05, 4.69) is 15.5 Å². The number of aromatic nitrogens is 2. The van der Waals surface area contributed by atoms with Crippen molar-refractivity contribution in [2.45, 2.75) is 5.22 Å². The lowest BCUT2D eigenvalue weighted by molar-refractivity contribution is -0.113. The molecule has 0 aliphatic carbocycles. The fraction of sp³-hybridized carbons (Fsp3) is 0.167. The van der Waals surface area contributed by atoms with Crippen molar-refractivity contribution < 1.29 is 18.7 Å². The summed E-state index contributed by atoms with van der Waals surface area (Å²) in [7, 11) is 3.10. The van der Waals surface area contributed by atoms with E-state index in [1.54, 1.807) is 31.4 Å². The van der Waals surface area contributed by atoms with Crippen LogP contribution in [0.1, 0.15) is 0 Å². The third kappa shape index (κ3) is 4.72. The summed E-state index contributed by atoms with van der Waals surface area (Å²) in [4.78, 5) is 12.1. The van der Waals surface area contributed by atoms with Gasteiger partial charge in [0.1, 0.15) is 11.5 Å². The highest BCUT2D eigenvalue weighted by Crippen LogP contribution is 2.30. The number of nitrogens with zero attached hydrogens (tertiary/aromatic N) is 2. The van der Waals surface area contributed by atoms with Gasteiger partial charge in [0, 0.05) is 5.69 Å². The second-order valence-electron chi connectivity index (χ2n) is 5.26. The molecule has 0 fully saturated rings. The van der Waals surface area contributed by atoms with E-state index in [-0.39, 0.29) is 11.7 Å². The molecule has 0 aliphatic heterocycles. The molecule has 0 saturated carbocycles. The Balaban J connectivity index is 1.60. The first-order valence-corrected chi connectivity index (χ1v) is 9.20. The number of anilines is 1. The number of hydrogen-bond donors (Lipinski definition) is 1. The maximum atomic E-state index is 12.1. The third-order valence-corrected chi connectivity index (χ3v) is 4.62. The van der Waals surface area contributed by atoms with Crippen molar-refractivity contribution in [3.05, 3.63) is 47.5 Å². The standard InChI is InChI=1S/C18H16ClN3O4S/c1-24-14-6-4-3-5-12(14)17-21-22-18(26-17)27-10-16(23)20-11-7-8-15(25-2)13(19)9-11/h3-9H,10H2,1-2H3,(H,20,23). The molecule has 0 atom stereocenters. The summed E-state index contributed by atoms with van der Waals surface area (Å²) in [6.45, 7) is 0. The molecule has 0 bridgehead atoms. The third-order valence-electron chi connectivity index (χ3n) is 3.51. The normalized spacial score (nSPS) is 10.5. The van der Waals surface area contributed by atoms with Crippen LogP contribution in [0.5, 0.6) is 11.5 Å². The van der Waals surface area contributed by atoms with Crippen LogP contribution in [0.25, 0.3) is 11.5 Å². The Morgan fingerprint density at radius 1 is 1.15 bits per heavy atom. The Hall–Kier alpha value is -2.71. The van der Waals surface area contributed by atoms with E-state index in [4.69, 9.17) is 25.5 Å². The van der Waals surface area contributed by atoms with E-state index >= 15 is 0 Å². The van der Waals surface area contributed by atoms with Crippen molar-refractivity contribution in [2.24, 2.45) is 0 Å². The highest BCUT2D eigenvalue weighted by Gasteiger charge is 2.14. The van der Waals surface area contributed by atoms with Crippen molar-refractivity contribution >= 4 is 35.0 Å². The monoisotopic (exact) mass is 405 g/mol. The van der Waals surface area contributed by atoms with E-state index < -0.39 is 0 Å². The molecule has 0 aliphatic rings. The van der Waals surface area contributed by atoms with E-state index in [0.717, 1.165) is 11.8 Å². The van der Waals surface area contributed by atoms with Gasteiger partial charge in [0.25, 0.3) is 11.1 Å². The zero-order valence-corrected chi connectivity index (χ0v) is 16.1. The van der Waals surface area contributed by atoms with Gasteiger partial charge in [0.05, 0.1) is 30.6 Å². The fourth-order valence-electron chi connectivity index (χ4n) is 2.27. The number of carbonyl (C=O) groups excluding carboxylic acids is 1. The van der Waals surface area contributed by atoms with Gasteiger partial charge in [-0.25, -0.2) is 0 Å². The van der Waals surface area contributed by atoms with Gasteiger partial charge in [-0.2, -0.15) is 0 Å². The first-order valence-electron chi connectivity index (χ1n) is 7.84. The number of ether oxygens (including phenoxy) is 2. The number of amides is 1. The van der Waals surface area contributed by atoms with Crippen LogP contribution in [0.4, 0.5) is 5.69 Å². The Kier molecular flexibility index (Phi) is 6.20. The van der Waals surface area contributed by atoms with E-state index in [9.17, 15) is 4.79 Å². The fourth-order valence-corrected chi connectivity index (χ4v) is 3.09. The zero-order valence-electron chi connectivity index (χ0n) is 14.6. The molecule has 1 aromatic heterocycles. The molecule has 7 nitrogen and oxygen atoms in total. The minimum atomic E-state index is -0.224. The average Bonchev–Trinajstić information content (AvgIpc) is 3.15. The number of para-hydroxylation sites is 1. The summed E-state index contributed by atoms with van der Waals surface area (Å²) in [5, 5.41) is 11.4. The van der Waals surface area contributed by atoms with Gasteiger partial charge in [-0.3, -0.25) is 4.79 Å². The zero-order chi connectivity index (χ0) is 19.2. The Morgan fingerprint density at radius 2 is 1.93 bits per heavy atom. The Labute approximate surface area is 165 Å². The second kappa shape index (κ2) is 8.79. The summed E-state index contributed by atoms with van der Waals surface area (Å²) >= 11 is 7.18. The van der Waals surface area contributed by atoms with Crippen LogP contribution in [0.3, 0.4) is 0 Å². The smallest absolute Gasteiger partial charge is 0.277 e. The number of carbonyl (C=O) groups is 1. The van der Waals surface area contributed by atoms with Gasteiger partial charge >= 0.3 is 0 Å². The van der Waals surface area contributed by atoms with E-state index in [1.165, 1.54) is 7.11 Å². The predicted octanol–water partition coefficient (Wildman–Crippen LogP) is 4.14. The number of rotatable bonds is 7. The lowest BCUT2D eigenvalue weighted by atomic mass is 10.2. The molecule has 3 aromatic rings. The van der Waals surface area contributed by atoms with E-state index in [0.29, 0.717) is 38.9 Å². The molecule has 3 rings (SSSR count). The van der Waals surface area contributed by atoms with Crippen LogP contribution in [0.2, 0.25) is 5.02 Å². The summed E-state index contributed by atoms with van der Waals surface area (Å²) in [5.74, 6) is 1.39. The van der Waals surface area contributed by atoms with Gasteiger partial charge in [0.15, 0.2) is 0 Å². The summed E-state index contributed by atoms with van der Waals surface area (Å²) < 4.78 is 16.0. The number of methoxy groups -OCH3 is 2.